The van der Waals surface area contributed by atoms with E-state index in [4.69, 9.17) is 11.6 Å². The largest absolute Gasteiger partial charge is 0.439 e. The van der Waals surface area contributed by atoms with Crippen LogP contribution in [0.15, 0.2) is 29.4 Å². The predicted octanol–water partition coefficient (Wildman–Crippen LogP) is 5.26. The van der Waals surface area contributed by atoms with Crippen LogP contribution >= 0.6 is 11.6 Å². The third kappa shape index (κ3) is 3.32. The monoisotopic (exact) mass is 416 g/mol. The fourth-order valence-electron chi connectivity index (χ4n) is 4.13. The average Bonchev–Trinajstić information content (AvgIpc) is 2.95. The Morgan fingerprint density at radius 2 is 1.93 bits per heavy atom. The maximum atomic E-state index is 14.1. The van der Waals surface area contributed by atoms with Gasteiger partial charge in [-0.05, 0) is 54.9 Å². The van der Waals surface area contributed by atoms with Crippen molar-refractivity contribution in [1.29, 1.82) is 0 Å². The molecule has 1 aromatic carbocycles. The normalized spacial score (nSPS) is 28.1. The number of amides is 1. The first-order chi connectivity index (χ1) is 12.9. The lowest BCUT2D eigenvalue weighted by Gasteiger charge is -2.43. The van der Waals surface area contributed by atoms with E-state index in [-0.39, 0.29) is 34.0 Å². The standard InChI is InChI=1S/C20H24ClF3N2O2/c1-4-18(2,3)13-7-10-16-15(11-13)19(28,20(22,23)24)26(25-16)17(27)12-5-8-14(21)9-6-12/h5-6,8-9,13,15,28H,4,7,10-11H2,1-3H3/t13-,15+,19-/m1/s1. The van der Waals surface area contributed by atoms with Crippen LogP contribution in [0.5, 0.6) is 0 Å². The second-order valence-corrected chi connectivity index (χ2v) is 8.74. The van der Waals surface area contributed by atoms with Crippen LogP contribution in [0.4, 0.5) is 13.2 Å². The van der Waals surface area contributed by atoms with Crippen molar-refractivity contribution in [2.24, 2.45) is 22.4 Å². The highest BCUT2D eigenvalue weighted by atomic mass is 35.5. The van der Waals surface area contributed by atoms with E-state index in [9.17, 15) is 23.1 Å². The van der Waals surface area contributed by atoms with Crippen LogP contribution in [0.2, 0.25) is 5.02 Å². The molecule has 4 nitrogen and oxygen atoms in total. The van der Waals surface area contributed by atoms with E-state index >= 15 is 0 Å². The van der Waals surface area contributed by atoms with Gasteiger partial charge < -0.3 is 5.11 Å². The molecule has 1 aliphatic carbocycles. The highest BCUT2D eigenvalue weighted by molar-refractivity contribution is 6.30. The van der Waals surface area contributed by atoms with Gasteiger partial charge in [0, 0.05) is 16.3 Å². The van der Waals surface area contributed by atoms with Gasteiger partial charge in [0.05, 0.1) is 5.92 Å². The molecule has 1 fully saturated rings. The van der Waals surface area contributed by atoms with Gasteiger partial charge in [-0.15, -0.1) is 0 Å². The average molecular weight is 417 g/mol. The van der Waals surface area contributed by atoms with Crippen molar-refractivity contribution in [3.8, 4) is 0 Å². The summed E-state index contributed by atoms with van der Waals surface area (Å²) in [6, 6.07) is 5.48. The molecule has 2 aliphatic rings. The molecule has 3 rings (SSSR count). The summed E-state index contributed by atoms with van der Waals surface area (Å²) in [5.74, 6) is -2.25. The van der Waals surface area contributed by atoms with E-state index < -0.39 is 23.7 Å². The molecule has 0 aromatic heterocycles. The van der Waals surface area contributed by atoms with Crippen molar-refractivity contribution < 1.29 is 23.1 Å². The Morgan fingerprint density at radius 1 is 1.32 bits per heavy atom. The maximum Gasteiger partial charge on any atom is 0.439 e. The summed E-state index contributed by atoms with van der Waals surface area (Å²) >= 11 is 5.79. The van der Waals surface area contributed by atoms with Gasteiger partial charge in [-0.1, -0.05) is 38.8 Å². The maximum absolute atomic E-state index is 14.1. The molecule has 0 spiro atoms. The molecule has 1 aliphatic heterocycles. The van der Waals surface area contributed by atoms with E-state index in [1.54, 1.807) is 0 Å². The zero-order valence-corrected chi connectivity index (χ0v) is 16.8. The van der Waals surface area contributed by atoms with Gasteiger partial charge in [0.1, 0.15) is 0 Å². The summed E-state index contributed by atoms with van der Waals surface area (Å²) in [5.41, 5.74) is -3.28. The van der Waals surface area contributed by atoms with E-state index in [2.05, 4.69) is 5.10 Å². The lowest BCUT2D eigenvalue weighted by atomic mass is 9.64. The van der Waals surface area contributed by atoms with Crippen molar-refractivity contribution in [1.82, 2.24) is 5.01 Å². The summed E-state index contributed by atoms with van der Waals surface area (Å²) in [4.78, 5) is 12.8. The minimum absolute atomic E-state index is 0.000842. The molecule has 0 radical (unpaired) electrons. The number of fused-ring (bicyclic) bond motifs is 1. The summed E-state index contributed by atoms with van der Waals surface area (Å²) < 4.78 is 42.2. The van der Waals surface area contributed by atoms with Gasteiger partial charge in [-0.3, -0.25) is 4.79 Å². The number of carbonyl (C=O) groups excluding carboxylic acids is 1. The molecule has 0 bridgehead atoms. The second-order valence-electron chi connectivity index (χ2n) is 8.31. The highest BCUT2D eigenvalue weighted by Crippen LogP contribution is 2.52. The molecular weight excluding hydrogens is 393 g/mol. The first kappa shape index (κ1) is 21.1. The molecule has 8 heteroatoms. The number of rotatable bonds is 3. The zero-order valence-electron chi connectivity index (χ0n) is 16.1. The molecule has 1 aromatic rings. The molecule has 28 heavy (non-hydrogen) atoms. The van der Waals surface area contributed by atoms with Gasteiger partial charge in [0.2, 0.25) is 0 Å². The van der Waals surface area contributed by atoms with Gasteiger partial charge >= 0.3 is 6.18 Å². The SMILES string of the molecule is CCC(C)(C)[C@@H]1CCC2=NN(C(=O)c3ccc(Cl)cc3)[C@](O)(C(F)(F)F)[C@H]2C1. The topological polar surface area (TPSA) is 52.9 Å². The number of carbonyl (C=O) groups is 1. The van der Waals surface area contributed by atoms with Crippen molar-refractivity contribution in [3.05, 3.63) is 34.9 Å². The number of hydrazone groups is 1. The molecule has 1 amide bonds. The summed E-state index contributed by atoms with van der Waals surface area (Å²) in [7, 11) is 0. The third-order valence-electron chi connectivity index (χ3n) is 6.43. The fraction of sp³-hybridized carbons (Fsp3) is 0.600. The Bertz CT molecular complexity index is 792. The highest BCUT2D eigenvalue weighted by Gasteiger charge is 2.69. The van der Waals surface area contributed by atoms with Gasteiger partial charge in [0.25, 0.3) is 11.6 Å². The van der Waals surface area contributed by atoms with Gasteiger partial charge in [0.15, 0.2) is 0 Å². The number of nitrogens with zero attached hydrogens (tertiary/aromatic N) is 2. The molecule has 0 unspecified atom stereocenters. The summed E-state index contributed by atoms with van der Waals surface area (Å²) in [5, 5.41) is 15.4. The van der Waals surface area contributed by atoms with Crippen molar-refractivity contribution >= 4 is 23.2 Å². The minimum atomic E-state index is -5.04. The fourth-order valence-corrected chi connectivity index (χ4v) is 4.26. The molecule has 1 saturated carbocycles. The van der Waals surface area contributed by atoms with Crippen LogP contribution in [0.25, 0.3) is 0 Å². The smallest absolute Gasteiger partial charge is 0.362 e. The Hall–Kier alpha value is -1.60. The first-order valence-electron chi connectivity index (χ1n) is 9.38. The quantitative estimate of drug-likeness (QED) is 0.731. The number of aliphatic hydroxyl groups is 1. The van der Waals surface area contributed by atoms with Crippen molar-refractivity contribution in [2.75, 3.05) is 0 Å². The Kier molecular flexibility index (Phi) is 5.30. The minimum Gasteiger partial charge on any atom is -0.362 e. The second kappa shape index (κ2) is 7.02. The number of halogens is 4. The van der Waals surface area contributed by atoms with Gasteiger partial charge in [-0.2, -0.15) is 23.3 Å². The van der Waals surface area contributed by atoms with Crippen LogP contribution in [0.3, 0.4) is 0 Å². The van der Waals surface area contributed by atoms with Crippen LogP contribution in [-0.4, -0.2) is 33.6 Å². The number of hydrogen-bond donors (Lipinski definition) is 1. The van der Waals surface area contributed by atoms with Crippen LogP contribution in [-0.2, 0) is 0 Å². The third-order valence-corrected chi connectivity index (χ3v) is 6.68. The van der Waals surface area contributed by atoms with Crippen LogP contribution in [0, 0.1) is 17.3 Å². The molecule has 0 saturated heterocycles. The Morgan fingerprint density at radius 3 is 2.46 bits per heavy atom. The van der Waals surface area contributed by atoms with E-state index in [0.29, 0.717) is 17.9 Å². The van der Waals surface area contributed by atoms with Crippen molar-refractivity contribution in [3.63, 3.8) is 0 Å². The van der Waals surface area contributed by atoms with E-state index in [1.807, 2.05) is 20.8 Å². The molecular formula is C20H24ClF3N2O2. The summed E-state index contributed by atoms with van der Waals surface area (Å²) in [6.45, 7) is 6.06. The van der Waals surface area contributed by atoms with Crippen LogP contribution < -0.4 is 0 Å². The lowest BCUT2D eigenvalue weighted by Crippen LogP contribution is -2.62. The Balaban J connectivity index is 2.00. The number of hydrogen-bond acceptors (Lipinski definition) is 3. The van der Waals surface area contributed by atoms with Crippen molar-refractivity contribution in [2.45, 2.75) is 58.4 Å². The van der Waals surface area contributed by atoms with Crippen LogP contribution in [0.1, 0.15) is 56.8 Å². The molecule has 154 valence electrons. The van der Waals surface area contributed by atoms with Gasteiger partial charge in [-0.25, -0.2) is 0 Å². The number of benzene rings is 1. The van der Waals surface area contributed by atoms with E-state index in [1.165, 1.54) is 24.3 Å². The zero-order chi connectivity index (χ0) is 20.9. The first-order valence-corrected chi connectivity index (χ1v) is 9.76. The predicted molar refractivity (Wildman–Crippen MR) is 101 cm³/mol. The number of alkyl halides is 3. The molecule has 3 atom stereocenters. The lowest BCUT2D eigenvalue weighted by molar-refractivity contribution is -0.314. The Labute approximate surface area is 167 Å². The summed E-state index contributed by atoms with van der Waals surface area (Å²) in [6.07, 6.45) is -3.06. The molecule has 1 heterocycles. The molecule has 1 N–H and O–H groups in total. The van der Waals surface area contributed by atoms with E-state index in [0.717, 1.165) is 6.42 Å².